The minimum Gasteiger partial charge on any atom is -0.466 e. The Labute approximate surface area is 172 Å². The number of benzene rings is 1. The summed E-state index contributed by atoms with van der Waals surface area (Å²) in [4.78, 5) is 27.3. The van der Waals surface area contributed by atoms with Crippen LogP contribution in [0.1, 0.15) is 52.3 Å². The first-order valence-corrected chi connectivity index (χ1v) is 10.2. The molecule has 2 heterocycles. The van der Waals surface area contributed by atoms with Crippen LogP contribution in [0.2, 0.25) is 0 Å². The number of nitrogens with one attached hydrogen (secondary N) is 1. The first-order chi connectivity index (χ1) is 13.8. The van der Waals surface area contributed by atoms with Crippen molar-refractivity contribution in [1.29, 1.82) is 0 Å². The fourth-order valence-electron chi connectivity index (χ4n) is 3.60. The van der Waals surface area contributed by atoms with E-state index in [4.69, 9.17) is 9.15 Å². The van der Waals surface area contributed by atoms with Crippen molar-refractivity contribution in [2.24, 2.45) is 0 Å². The van der Waals surface area contributed by atoms with Gasteiger partial charge in [0.15, 0.2) is 0 Å². The minimum absolute atomic E-state index is 0.0232. The molecular formula is C23H30N2O4. The van der Waals surface area contributed by atoms with Crippen molar-refractivity contribution < 1.29 is 18.7 Å². The van der Waals surface area contributed by atoms with E-state index in [9.17, 15) is 9.59 Å². The van der Waals surface area contributed by atoms with E-state index in [1.165, 1.54) is 5.56 Å². The number of hydrogen-bond acceptors (Lipinski definition) is 4. The monoisotopic (exact) mass is 398 g/mol. The molecule has 29 heavy (non-hydrogen) atoms. The van der Waals surface area contributed by atoms with Crippen LogP contribution in [0.25, 0.3) is 0 Å². The van der Waals surface area contributed by atoms with Crippen LogP contribution in [-0.4, -0.2) is 42.5 Å². The van der Waals surface area contributed by atoms with Crippen molar-refractivity contribution in [2.45, 2.75) is 53.1 Å². The Balaban J connectivity index is 1.65. The highest BCUT2D eigenvalue weighted by Gasteiger charge is 2.26. The van der Waals surface area contributed by atoms with Gasteiger partial charge in [-0.1, -0.05) is 6.07 Å². The maximum absolute atomic E-state index is 13.1. The molecule has 0 aliphatic carbocycles. The van der Waals surface area contributed by atoms with Crippen LogP contribution in [0.3, 0.4) is 0 Å². The van der Waals surface area contributed by atoms with Gasteiger partial charge in [-0.05, 0) is 69.9 Å². The lowest BCUT2D eigenvalue weighted by atomic mass is 10.1. The molecule has 0 radical (unpaired) electrons. The predicted octanol–water partition coefficient (Wildman–Crippen LogP) is 4.16. The van der Waals surface area contributed by atoms with Crippen molar-refractivity contribution in [3.05, 3.63) is 52.5 Å². The summed E-state index contributed by atoms with van der Waals surface area (Å²) >= 11 is 0. The van der Waals surface area contributed by atoms with Crippen molar-refractivity contribution in [1.82, 2.24) is 4.90 Å². The average Bonchev–Trinajstić information content (AvgIpc) is 3.30. The number of rotatable bonds is 7. The van der Waals surface area contributed by atoms with Gasteiger partial charge in [-0.2, -0.15) is 0 Å². The molecule has 1 fully saturated rings. The van der Waals surface area contributed by atoms with Gasteiger partial charge < -0.3 is 19.4 Å². The van der Waals surface area contributed by atoms with E-state index in [1.807, 2.05) is 39.0 Å². The number of furan rings is 1. The molecule has 1 N–H and O–H groups in total. The fourth-order valence-corrected chi connectivity index (χ4v) is 3.60. The van der Waals surface area contributed by atoms with E-state index in [2.05, 4.69) is 5.32 Å². The third kappa shape index (κ3) is 5.48. The summed E-state index contributed by atoms with van der Waals surface area (Å²) in [5, 5.41) is 2.93. The van der Waals surface area contributed by atoms with E-state index < -0.39 is 0 Å². The van der Waals surface area contributed by atoms with Gasteiger partial charge in [-0.3, -0.25) is 9.59 Å². The van der Waals surface area contributed by atoms with Gasteiger partial charge in [-0.15, -0.1) is 0 Å². The highest BCUT2D eigenvalue weighted by Crippen LogP contribution is 2.20. The summed E-state index contributed by atoms with van der Waals surface area (Å²) in [6, 6.07) is 7.60. The van der Waals surface area contributed by atoms with E-state index in [0.717, 1.165) is 30.7 Å². The van der Waals surface area contributed by atoms with Crippen LogP contribution in [0.5, 0.6) is 0 Å². The van der Waals surface area contributed by atoms with E-state index in [-0.39, 0.29) is 24.3 Å². The van der Waals surface area contributed by atoms with E-state index in [0.29, 0.717) is 30.2 Å². The van der Waals surface area contributed by atoms with Gasteiger partial charge in [0.2, 0.25) is 5.91 Å². The second kappa shape index (κ2) is 9.27. The molecule has 0 bridgehead atoms. The quantitative estimate of drug-likeness (QED) is 0.760. The number of nitrogens with zero attached hydrogens (tertiary/aromatic N) is 1. The number of aryl methyl sites for hydroxylation is 4. The maximum Gasteiger partial charge on any atom is 0.257 e. The van der Waals surface area contributed by atoms with Crippen molar-refractivity contribution >= 4 is 17.5 Å². The summed E-state index contributed by atoms with van der Waals surface area (Å²) in [6.45, 7) is 9.21. The van der Waals surface area contributed by atoms with Crippen LogP contribution >= 0.6 is 0 Å². The Morgan fingerprint density at radius 3 is 2.55 bits per heavy atom. The molecule has 0 spiro atoms. The number of carbonyl (C=O) groups is 2. The summed E-state index contributed by atoms with van der Waals surface area (Å²) < 4.78 is 11.2. The number of ether oxygens (including phenoxy) is 1. The third-order valence-electron chi connectivity index (χ3n) is 5.41. The first kappa shape index (κ1) is 21.1. The molecule has 1 atom stereocenters. The molecule has 1 aromatic carbocycles. The van der Waals surface area contributed by atoms with Gasteiger partial charge in [0, 0.05) is 31.8 Å². The predicted molar refractivity (Wildman–Crippen MR) is 112 cm³/mol. The Hall–Kier alpha value is -2.60. The largest absolute Gasteiger partial charge is 0.466 e. The molecular weight excluding hydrogens is 368 g/mol. The lowest BCUT2D eigenvalue weighted by Gasteiger charge is -2.25. The molecule has 1 aromatic heterocycles. The number of anilines is 1. The topological polar surface area (TPSA) is 71.8 Å². The van der Waals surface area contributed by atoms with Gasteiger partial charge in [0.1, 0.15) is 11.5 Å². The van der Waals surface area contributed by atoms with Gasteiger partial charge in [0.05, 0.1) is 11.7 Å². The smallest absolute Gasteiger partial charge is 0.257 e. The number of amides is 2. The second-order valence-electron chi connectivity index (χ2n) is 7.81. The zero-order valence-corrected chi connectivity index (χ0v) is 17.7. The molecule has 3 rings (SSSR count). The SMILES string of the molecule is Cc1cc(C(=O)N(CCC(=O)Nc2ccc(C)c(C)c2)CC2CCCO2)c(C)o1. The van der Waals surface area contributed by atoms with E-state index >= 15 is 0 Å². The number of hydrogen-bond donors (Lipinski definition) is 1. The number of carbonyl (C=O) groups excluding carboxylic acids is 2. The highest BCUT2D eigenvalue weighted by atomic mass is 16.5. The third-order valence-corrected chi connectivity index (χ3v) is 5.41. The van der Waals surface area contributed by atoms with Gasteiger partial charge in [0.25, 0.3) is 5.91 Å². The van der Waals surface area contributed by atoms with E-state index in [1.54, 1.807) is 17.9 Å². The molecule has 1 aliphatic rings. The molecule has 0 saturated carbocycles. The average molecular weight is 399 g/mol. The molecule has 1 unspecified atom stereocenters. The van der Waals surface area contributed by atoms with Crippen LogP contribution in [-0.2, 0) is 9.53 Å². The molecule has 6 heteroatoms. The summed E-state index contributed by atoms with van der Waals surface area (Å²) in [6.07, 6.45) is 2.18. The first-order valence-electron chi connectivity index (χ1n) is 10.2. The standard InChI is InChI=1S/C23H30N2O4/c1-15-7-8-19(12-16(15)2)24-22(26)9-10-25(14-20-6-5-11-28-20)23(27)21-13-17(3)29-18(21)4/h7-8,12-13,20H,5-6,9-11,14H2,1-4H3,(H,24,26). The molecule has 156 valence electrons. The van der Waals surface area contributed by atoms with Crippen molar-refractivity contribution in [2.75, 3.05) is 25.0 Å². The molecule has 1 saturated heterocycles. The van der Waals surface area contributed by atoms with Crippen LogP contribution in [0, 0.1) is 27.7 Å². The lowest BCUT2D eigenvalue weighted by Crippen LogP contribution is -2.39. The molecule has 2 aromatic rings. The normalized spacial score (nSPS) is 16.1. The summed E-state index contributed by atoms with van der Waals surface area (Å²) in [7, 11) is 0. The minimum atomic E-state index is -0.117. The van der Waals surface area contributed by atoms with Gasteiger partial charge >= 0.3 is 0 Å². The van der Waals surface area contributed by atoms with Crippen LogP contribution < -0.4 is 5.32 Å². The van der Waals surface area contributed by atoms with Gasteiger partial charge in [-0.25, -0.2) is 0 Å². The Bertz CT molecular complexity index is 881. The lowest BCUT2D eigenvalue weighted by molar-refractivity contribution is -0.116. The maximum atomic E-state index is 13.1. The van der Waals surface area contributed by atoms with Crippen molar-refractivity contribution in [3.8, 4) is 0 Å². The van der Waals surface area contributed by atoms with Crippen LogP contribution in [0.15, 0.2) is 28.7 Å². The Morgan fingerprint density at radius 2 is 1.93 bits per heavy atom. The second-order valence-corrected chi connectivity index (χ2v) is 7.81. The fraction of sp³-hybridized carbons (Fsp3) is 0.478. The zero-order chi connectivity index (χ0) is 21.0. The molecule has 6 nitrogen and oxygen atoms in total. The Kier molecular flexibility index (Phi) is 6.75. The zero-order valence-electron chi connectivity index (χ0n) is 17.7. The summed E-state index contributed by atoms with van der Waals surface area (Å²) in [5.41, 5.74) is 3.64. The highest BCUT2D eigenvalue weighted by molar-refractivity contribution is 5.96. The van der Waals surface area contributed by atoms with Crippen molar-refractivity contribution in [3.63, 3.8) is 0 Å². The molecule has 2 amide bonds. The summed E-state index contributed by atoms with van der Waals surface area (Å²) in [5.74, 6) is 1.08. The molecule has 1 aliphatic heterocycles. The Morgan fingerprint density at radius 1 is 1.14 bits per heavy atom. The van der Waals surface area contributed by atoms with Crippen LogP contribution in [0.4, 0.5) is 5.69 Å².